The number of hydrogen-bond donors (Lipinski definition) is 1. The van der Waals surface area contributed by atoms with Crippen LogP contribution in [0.1, 0.15) is 18.9 Å². The van der Waals surface area contributed by atoms with Crippen LogP contribution >= 0.6 is 27.3 Å². The summed E-state index contributed by atoms with van der Waals surface area (Å²) in [6, 6.07) is 8.77. The van der Waals surface area contributed by atoms with Crippen molar-refractivity contribution in [3.8, 4) is 11.1 Å². The SMILES string of the molecule is CCCNCc1ccc(-c2cscc2Br)cc1. The van der Waals surface area contributed by atoms with Crippen LogP contribution in [0, 0.1) is 0 Å². The predicted octanol–water partition coefficient (Wildman–Crippen LogP) is 4.68. The normalized spacial score (nSPS) is 10.7. The molecule has 17 heavy (non-hydrogen) atoms. The van der Waals surface area contributed by atoms with E-state index in [-0.39, 0.29) is 0 Å². The molecule has 1 heterocycles. The number of rotatable bonds is 5. The topological polar surface area (TPSA) is 12.0 Å². The molecule has 1 aromatic heterocycles. The van der Waals surface area contributed by atoms with Crippen LogP contribution in [-0.4, -0.2) is 6.54 Å². The van der Waals surface area contributed by atoms with Crippen molar-refractivity contribution in [3.63, 3.8) is 0 Å². The molecule has 0 radical (unpaired) electrons. The minimum Gasteiger partial charge on any atom is -0.313 e. The largest absolute Gasteiger partial charge is 0.313 e. The van der Waals surface area contributed by atoms with Crippen molar-refractivity contribution >= 4 is 27.3 Å². The number of hydrogen-bond acceptors (Lipinski definition) is 2. The van der Waals surface area contributed by atoms with Gasteiger partial charge in [0.15, 0.2) is 0 Å². The van der Waals surface area contributed by atoms with E-state index in [9.17, 15) is 0 Å². The summed E-state index contributed by atoms with van der Waals surface area (Å²) in [4.78, 5) is 0. The second-order valence-electron chi connectivity index (χ2n) is 4.01. The Morgan fingerprint density at radius 2 is 1.94 bits per heavy atom. The zero-order chi connectivity index (χ0) is 12.1. The number of halogens is 1. The maximum Gasteiger partial charge on any atom is 0.0360 e. The summed E-state index contributed by atoms with van der Waals surface area (Å²) < 4.78 is 1.18. The third-order valence-corrected chi connectivity index (χ3v) is 4.34. The van der Waals surface area contributed by atoms with Gasteiger partial charge >= 0.3 is 0 Å². The molecule has 2 aromatic rings. The second kappa shape index (κ2) is 6.34. The number of nitrogens with one attached hydrogen (secondary N) is 1. The fourth-order valence-corrected chi connectivity index (χ4v) is 3.23. The minimum absolute atomic E-state index is 0.957. The van der Waals surface area contributed by atoms with E-state index in [1.165, 1.54) is 27.6 Å². The van der Waals surface area contributed by atoms with Crippen LogP contribution < -0.4 is 5.32 Å². The average molecular weight is 310 g/mol. The first-order valence-electron chi connectivity index (χ1n) is 5.83. The number of thiophene rings is 1. The molecule has 1 N–H and O–H groups in total. The molecular weight excluding hydrogens is 294 g/mol. The predicted molar refractivity (Wildman–Crippen MR) is 79.5 cm³/mol. The van der Waals surface area contributed by atoms with E-state index in [1.54, 1.807) is 11.3 Å². The summed E-state index contributed by atoms with van der Waals surface area (Å²) >= 11 is 5.29. The lowest BCUT2D eigenvalue weighted by molar-refractivity contribution is 0.675. The highest BCUT2D eigenvalue weighted by atomic mass is 79.9. The molecule has 0 saturated heterocycles. The van der Waals surface area contributed by atoms with Crippen LogP contribution in [-0.2, 0) is 6.54 Å². The van der Waals surface area contributed by atoms with Gasteiger partial charge in [-0.25, -0.2) is 0 Å². The van der Waals surface area contributed by atoms with Gasteiger partial charge in [-0.3, -0.25) is 0 Å². The molecular formula is C14H16BrNS. The highest BCUT2D eigenvalue weighted by molar-refractivity contribution is 9.10. The maximum atomic E-state index is 3.57. The van der Waals surface area contributed by atoms with Gasteiger partial charge in [0.1, 0.15) is 0 Å². The van der Waals surface area contributed by atoms with Crippen molar-refractivity contribution in [2.45, 2.75) is 19.9 Å². The molecule has 0 atom stereocenters. The molecule has 0 saturated carbocycles. The molecule has 1 aromatic carbocycles. The fourth-order valence-electron chi connectivity index (χ4n) is 1.70. The van der Waals surface area contributed by atoms with E-state index >= 15 is 0 Å². The fraction of sp³-hybridized carbons (Fsp3) is 0.286. The van der Waals surface area contributed by atoms with E-state index in [4.69, 9.17) is 0 Å². The van der Waals surface area contributed by atoms with Gasteiger partial charge in [0.05, 0.1) is 0 Å². The van der Waals surface area contributed by atoms with Crippen molar-refractivity contribution < 1.29 is 0 Å². The Bertz CT molecular complexity index is 461. The molecule has 0 aliphatic carbocycles. The molecule has 0 fully saturated rings. The standard InChI is InChI=1S/C14H16BrNS/c1-2-7-16-8-11-3-5-12(6-4-11)13-9-17-10-14(13)15/h3-6,9-10,16H,2,7-8H2,1H3. The molecule has 0 amide bonds. The van der Waals surface area contributed by atoms with Crippen molar-refractivity contribution in [2.24, 2.45) is 0 Å². The summed E-state index contributed by atoms with van der Waals surface area (Å²) in [5.41, 5.74) is 3.90. The first-order valence-corrected chi connectivity index (χ1v) is 7.56. The summed E-state index contributed by atoms with van der Waals surface area (Å²) in [6.45, 7) is 4.22. The molecule has 1 nitrogen and oxygen atoms in total. The highest BCUT2D eigenvalue weighted by Crippen LogP contribution is 2.31. The van der Waals surface area contributed by atoms with Crippen LogP contribution in [0.15, 0.2) is 39.5 Å². The monoisotopic (exact) mass is 309 g/mol. The molecule has 2 rings (SSSR count). The second-order valence-corrected chi connectivity index (χ2v) is 5.61. The smallest absolute Gasteiger partial charge is 0.0360 e. The van der Waals surface area contributed by atoms with E-state index in [1.807, 2.05) is 0 Å². The summed E-state index contributed by atoms with van der Waals surface area (Å²) in [6.07, 6.45) is 1.18. The molecule has 0 bridgehead atoms. The van der Waals surface area contributed by atoms with Crippen LogP contribution in [0.5, 0.6) is 0 Å². The maximum absolute atomic E-state index is 3.57. The Labute approximate surface area is 115 Å². The van der Waals surface area contributed by atoms with E-state index in [0.29, 0.717) is 0 Å². The van der Waals surface area contributed by atoms with Gasteiger partial charge in [0.2, 0.25) is 0 Å². The highest BCUT2D eigenvalue weighted by Gasteiger charge is 2.03. The molecule has 90 valence electrons. The lowest BCUT2D eigenvalue weighted by Crippen LogP contribution is -2.13. The zero-order valence-corrected chi connectivity index (χ0v) is 12.3. The quantitative estimate of drug-likeness (QED) is 0.791. The van der Waals surface area contributed by atoms with Crippen molar-refractivity contribution in [1.82, 2.24) is 5.32 Å². The molecule has 0 aliphatic rings. The van der Waals surface area contributed by atoms with Crippen LogP contribution in [0.25, 0.3) is 11.1 Å². The van der Waals surface area contributed by atoms with Crippen LogP contribution in [0.3, 0.4) is 0 Å². The lowest BCUT2D eigenvalue weighted by Gasteiger charge is -2.05. The molecule has 0 aliphatic heterocycles. The lowest BCUT2D eigenvalue weighted by atomic mass is 10.1. The van der Waals surface area contributed by atoms with Crippen LogP contribution in [0.4, 0.5) is 0 Å². The minimum atomic E-state index is 0.957. The first kappa shape index (κ1) is 12.8. The molecule has 0 unspecified atom stereocenters. The Kier molecular flexibility index (Phi) is 4.77. The van der Waals surface area contributed by atoms with Gasteiger partial charge in [-0.05, 0) is 45.4 Å². The zero-order valence-electron chi connectivity index (χ0n) is 9.87. The average Bonchev–Trinajstić information content (AvgIpc) is 2.77. The number of benzene rings is 1. The van der Waals surface area contributed by atoms with Crippen molar-refractivity contribution in [1.29, 1.82) is 0 Å². The Hall–Kier alpha value is -0.640. The Morgan fingerprint density at radius 1 is 1.18 bits per heavy atom. The van der Waals surface area contributed by atoms with Gasteiger partial charge in [0, 0.05) is 22.0 Å². The third-order valence-electron chi connectivity index (χ3n) is 2.64. The third kappa shape index (κ3) is 3.41. The van der Waals surface area contributed by atoms with Crippen LogP contribution in [0.2, 0.25) is 0 Å². The summed E-state index contributed by atoms with van der Waals surface area (Å²) in [5, 5.41) is 7.70. The van der Waals surface area contributed by atoms with Gasteiger partial charge < -0.3 is 5.32 Å². The van der Waals surface area contributed by atoms with Crippen molar-refractivity contribution in [3.05, 3.63) is 45.1 Å². The molecule has 0 spiro atoms. The van der Waals surface area contributed by atoms with Gasteiger partial charge in [0.25, 0.3) is 0 Å². The van der Waals surface area contributed by atoms with Gasteiger partial charge in [-0.2, -0.15) is 11.3 Å². The van der Waals surface area contributed by atoms with E-state index < -0.39 is 0 Å². The van der Waals surface area contributed by atoms with Gasteiger partial charge in [-0.15, -0.1) is 0 Å². The van der Waals surface area contributed by atoms with Crippen molar-refractivity contribution in [2.75, 3.05) is 6.54 Å². The first-order chi connectivity index (χ1) is 8.31. The summed E-state index contributed by atoms with van der Waals surface area (Å²) in [5.74, 6) is 0. The van der Waals surface area contributed by atoms with E-state index in [0.717, 1.165) is 13.1 Å². The Morgan fingerprint density at radius 3 is 2.53 bits per heavy atom. The van der Waals surface area contributed by atoms with E-state index in [2.05, 4.69) is 63.2 Å². The molecule has 3 heteroatoms. The Balaban J connectivity index is 2.06. The summed E-state index contributed by atoms with van der Waals surface area (Å²) in [7, 11) is 0. The van der Waals surface area contributed by atoms with Gasteiger partial charge in [-0.1, -0.05) is 31.2 Å².